The van der Waals surface area contributed by atoms with Crippen LogP contribution in [0.5, 0.6) is 5.75 Å². The van der Waals surface area contributed by atoms with E-state index < -0.39 is 31.5 Å². The van der Waals surface area contributed by atoms with Gasteiger partial charge in [-0.15, -0.1) is 0 Å². The lowest BCUT2D eigenvalue weighted by Gasteiger charge is -2.25. The smallest absolute Gasteiger partial charge is 0.342 e. The predicted molar refractivity (Wildman–Crippen MR) is 148 cm³/mol. The van der Waals surface area contributed by atoms with Crippen LogP contribution in [0.1, 0.15) is 27.7 Å². The highest BCUT2D eigenvalue weighted by atomic mass is 31.2. The van der Waals surface area contributed by atoms with Gasteiger partial charge in [-0.2, -0.15) is 0 Å². The van der Waals surface area contributed by atoms with Crippen LogP contribution in [0.2, 0.25) is 0 Å². The number of ether oxygens (including phenoxy) is 2. The minimum absolute atomic E-state index is 0.272. The highest BCUT2D eigenvalue weighted by Gasteiger charge is 2.32. The van der Waals surface area contributed by atoms with Crippen LogP contribution < -0.4 is 15.3 Å². The van der Waals surface area contributed by atoms with Gasteiger partial charge in [-0.1, -0.05) is 18.2 Å². The van der Waals surface area contributed by atoms with Crippen molar-refractivity contribution in [2.24, 2.45) is 0 Å². The lowest BCUT2D eigenvalue weighted by Crippen LogP contribution is -2.37. The summed E-state index contributed by atoms with van der Waals surface area (Å²) in [6, 6.07) is 7.83. The average Bonchev–Trinajstić information content (AvgIpc) is 3.30. The number of para-hydroxylation sites is 1. The first-order valence-electron chi connectivity index (χ1n) is 12.3. The number of nitrogen functional groups attached to an aromatic ring is 1. The zero-order chi connectivity index (χ0) is 30.6. The molecule has 0 bridgehead atoms. The summed E-state index contributed by atoms with van der Waals surface area (Å²) in [5.74, 6) is -2.36. The van der Waals surface area contributed by atoms with Crippen molar-refractivity contribution >= 4 is 42.4 Å². The Morgan fingerprint density at radius 3 is 2.27 bits per heavy atom. The molecule has 0 saturated carbocycles. The normalized spacial score (nSPS) is 14.1. The summed E-state index contributed by atoms with van der Waals surface area (Å²) >= 11 is 0. The van der Waals surface area contributed by atoms with E-state index >= 15 is 0 Å². The van der Waals surface area contributed by atoms with E-state index in [1.54, 1.807) is 55.9 Å². The summed E-state index contributed by atoms with van der Waals surface area (Å²) in [4.78, 5) is 43.7. The van der Waals surface area contributed by atoms with E-state index in [9.17, 15) is 18.9 Å². The van der Waals surface area contributed by atoms with Gasteiger partial charge in [-0.3, -0.25) is 9.36 Å². The van der Waals surface area contributed by atoms with Gasteiger partial charge in [-0.25, -0.2) is 29.6 Å². The second kappa shape index (κ2) is 15.5. The van der Waals surface area contributed by atoms with Gasteiger partial charge in [0.1, 0.15) is 30.0 Å². The molecular formula is C25H33N6O9P. The number of aromatic nitrogens is 4. The minimum atomic E-state index is -3.64. The van der Waals surface area contributed by atoms with Crippen molar-refractivity contribution in [2.75, 3.05) is 12.1 Å². The molecule has 0 aliphatic rings. The lowest BCUT2D eigenvalue weighted by atomic mass is 10.3. The fourth-order valence-corrected chi connectivity index (χ4v) is 4.94. The molecule has 5 N–H and O–H groups in total. The second-order valence-corrected chi connectivity index (χ2v) is 10.9. The number of hydrogen-bond donors (Lipinski definition) is 4. The van der Waals surface area contributed by atoms with E-state index in [1.165, 1.54) is 6.33 Å². The monoisotopic (exact) mass is 592 g/mol. The van der Waals surface area contributed by atoms with Gasteiger partial charge < -0.3 is 34.5 Å². The Morgan fingerprint density at radius 1 is 1.05 bits per heavy atom. The number of carbonyl (C=O) groups excluding carboxylic acids is 1. The molecule has 0 spiro atoms. The van der Waals surface area contributed by atoms with Gasteiger partial charge in [0.15, 0.2) is 11.5 Å². The third-order valence-corrected chi connectivity index (χ3v) is 6.65. The van der Waals surface area contributed by atoms with Crippen molar-refractivity contribution in [2.45, 2.75) is 52.5 Å². The summed E-state index contributed by atoms with van der Waals surface area (Å²) < 4.78 is 32.2. The number of anilines is 1. The fraction of sp³-hybridized carbons (Fsp3) is 0.360. The molecule has 222 valence electrons. The molecule has 0 radical (unpaired) electrons. The number of nitrogens with one attached hydrogen (secondary N) is 1. The van der Waals surface area contributed by atoms with Crippen molar-refractivity contribution in [3.8, 4) is 5.75 Å². The molecule has 3 atom stereocenters. The zero-order valence-electron chi connectivity index (χ0n) is 22.9. The van der Waals surface area contributed by atoms with E-state index in [1.807, 2.05) is 13.0 Å². The first kappa shape index (κ1) is 32.9. The van der Waals surface area contributed by atoms with Gasteiger partial charge in [0.05, 0.1) is 25.1 Å². The van der Waals surface area contributed by atoms with E-state index in [-0.39, 0.29) is 18.6 Å². The van der Waals surface area contributed by atoms with Crippen LogP contribution in [0.3, 0.4) is 0 Å². The lowest BCUT2D eigenvalue weighted by molar-refractivity contribution is -0.149. The number of carboxylic acids is 2. The number of esters is 1. The van der Waals surface area contributed by atoms with Crippen LogP contribution in [0, 0.1) is 0 Å². The van der Waals surface area contributed by atoms with Crippen molar-refractivity contribution in [3.63, 3.8) is 0 Å². The standard InChI is InChI=1S/C21H29N6O5P.C4H4O4/c1-14(2)31-21(28)16(4)26-33(29,32-17-8-6-5-7-9-17)13-30-15(3)10-27-12-25-18-19(22)23-11-24-20(18)27;5-3(6)1-2-4(7)8/h5-9,11-12,14-16H,10,13H2,1-4H3,(H,26,29)(H2,22,23,24);1-2H,(H,5,6)(H,7,8)/b;2-1+/t15-,16+,33-;/m0./s1. The average molecular weight is 593 g/mol. The number of rotatable bonds is 13. The molecule has 0 saturated heterocycles. The summed E-state index contributed by atoms with van der Waals surface area (Å²) in [6.45, 7) is 7.25. The van der Waals surface area contributed by atoms with Crippen molar-refractivity contribution in [1.82, 2.24) is 24.6 Å². The summed E-state index contributed by atoms with van der Waals surface area (Å²) in [6.07, 6.45) is 3.13. The zero-order valence-corrected chi connectivity index (χ0v) is 23.8. The maximum Gasteiger partial charge on any atom is 0.342 e. The second-order valence-electron chi connectivity index (χ2n) is 8.86. The molecule has 3 rings (SSSR count). The minimum Gasteiger partial charge on any atom is -0.478 e. The molecule has 2 heterocycles. The van der Waals surface area contributed by atoms with Crippen LogP contribution >= 0.6 is 7.52 Å². The van der Waals surface area contributed by atoms with Gasteiger partial charge in [0, 0.05) is 12.2 Å². The Labute approximate surface area is 235 Å². The third kappa shape index (κ3) is 11.4. The molecule has 2 aromatic heterocycles. The molecular weight excluding hydrogens is 559 g/mol. The molecule has 0 amide bonds. The number of aliphatic carboxylic acids is 2. The first-order chi connectivity index (χ1) is 19.3. The SMILES string of the molecule is CC(C)OC(=O)[C@@H](C)N[P@](=O)(CO[C@@H](C)Cn1cnc2c(N)ncnc21)Oc1ccccc1.O=C(O)/C=C/C(=O)O. The number of carboxylic acid groups (broad SMARTS) is 2. The summed E-state index contributed by atoms with van der Waals surface area (Å²) in [7, 11) is -3.64. The van der Waals surface area contributed by atoms with Crippen molar-refractivity contribution in [3.05, 3.63) is 55.1 Å². The Balaban J connectivity index is 0.000000642. The molecule has 16 heteroatoms. The van der Waals surface area contributed by atoms with Crippen LogP contribution in [0.25, 0.3) is 11.2 Å². The van der Waals surface area contributed by atoms with E-state index in [4.69, 9.17) is 29.9 Å². The van der Waals surface area contributed by atoms with Crippen LogP contribution in [-0.2, 0) is 35.0 Å². The molecule has 1 aromatic carbocycles. The Hall–Kier alpha value is -4.33. The van der Waals surface area contributed by atoms with Gasteiger partial charge in [-0.05, 0) is 39.8 Å². The fourth-order valence-electron chi connectivity index (χ4n) is 3.15. The number of benzene rings is 1. The first-order valence-corrected chi connectivity index (χ1v) is 14.1. The Bertz CT molecular complexity index is 1380. The van der Waals surface area contributed by atoms with Gasteiger partial charge >= 0.3 is 25.4 Å². The van der Waals surface area contributed by atoms with E-state index in [0.717, 1.165) is 0 Å². The van der Waals surface area contributed by atoms with Crippen LogP contribution in [0.15, 0.2) is 55.1 Å². The number of fused-ring (bicyclic) bond motifs is 1. The number of nitrogens with two attached hydrogens (primary N) is 1. The molecule has 3 aromatic rings. The maximum absolute atomic E-state index is 13.6. The number of hydrogen-bond acceptors (Lipinski definition) is 11. The van der Waals surface area contributed by atoms with Gasteiger partial charge in [0.2, 0.25) is 0 Å². The Kier molecular flexibility index (Phi) is 12.4. The molecule has 41 heavy (non-hydrogen) atoms. The van der Waals surface area contributed by atoms with Gasteiger partial charge in [0.25, 0.3) is 0 Å². The summed E-state index contributed by atoms with van der Waals surface area (Å²) in [5.41, 5.74) is 6.91. The Morgan fingerprint density at radius 2 is 1.68 bits per heavy atom. The molecule has 0 unspecified atom stereocenters. The third-order valence-electron chi connectivity index (χ3n) is 4.87. The number of imidazole rings is 1. The predicted octanol–water partition coefficient (Wildman–Crippen LogP) is 2.68. The van der Waals surface area contributed by atoms with Crippen molar-refractivity contribution in [1.29, 1.82) is 0 Å². The van der Waals surface area contributed by atoms with E-state index in [2.05, 4.69) is 20.0 Å². The number of nitrogens with zero attached hydrogens (tertiary/aromatic N) is 4. The number of carbonyl (C=O) groups is 3. The van der Waals surface area contributed by atoms with Crippen LogP contribution in [0.4, 0.5) is 5.82 Å². The molecule has 15 nitrogen and oxygen atoms in total. The highest BCUT2D eigenvalue weighted by molar-refractivity contribution is 7.57. The molecule has 0 aliphatic heterocycles. The maximum atomic E-state index is 13.6. The largest absolute Gasteiger partial charge is 0.478 e. The van der Waals surface area contributed by atoms with Crippen molar-refractivity contribution < 1.29 is 43.2 Å². The van der Waals surface area contributed by atoms with Crippen LogP contribution in [-0.4, -0.2) is 72.2 Å². The molecule has 0 fully saturated rings. The van der Waals surface area contributed by atoms with E-state index in [0.29, 0.717) is 41.4 Å². The molecule has 0 aliphatic carbocycles. The highest BCUT2D eigenvalue weighted by Crippen LogP contribution is 2.44. The topological polar surface area (TPSA) is 218 Å². The quantitative estimate of drug-likeness (QED) is 0.127. The summed E-state index contributed by atoms with van der Waals surface area (Å²) in [5, 5.41) is 18.4.